The molecular weight excluding hydrogens is 612 g/mol. The Morgan fingerprint density at radius 3 is 2.31 bits per heavy atom. The zero-order valence-corrected chi connectivity index (χ0v) is 28.6. The molecule has 3 heterocycles. The smallest absolute Gasteiger partial charge is 0.272 e. The van der Waals surface area contributed by atoms with Crippen LogP contribution in [-0.4, -0.2) is 31.8 Å². The lowest BCUT2D eigenvalue weighted by molar-refractivity contribution is 0.0987. The van der Waals surface area contributed by atoms with Crippen molar-refractivity contribution in [2.45, 2.75) is 40.0 Å². The number of hydrogen-bond donors (Lipinski definition) is 3. The fourth-order valence-electron chi connectivity index (χ4n) is 5.65. The summed E-state index contributed by atoms with van der Waals surface area (Å²) in [6.45, 7) is 6.20. The number of benzene rings is 2. The molecule has 0 saturated carbocycles. The highest BCUT2D eigenvalue weighted by molar-refractivity contribution is 6.08. The molecule has 49 heavy (non-hydrogen) atoms. The highest BCUT2D eigenvalue weighted by atomic mass is 16.2. The number of carbonyl (C=O) groups excluding carboxylic acids is 3. The van der Waals surface area contributed by atoms with Gasteiger partial charge in [-0.05, 0) is 81.5 Å². The van der Waals surface area contributed by atoms with Crippen LogP contribution in [-0.2, 0) is 20.5 Å². The van der Waals surface area contributed by atoms with Gasteiger partial charge in [-0.25, -0.2) is 0 Å². The molecule has 0 aliphatic heterocycles. The molecule has 5 aromatic rings. The minimum atomic E-state index is -0.566. The Labute approximate surface area is 286 Å². The van der Waals surface area contributed by atoms with Crippen molar-refractivity contribution >= 4 is 52.2 Å². The van der Waals surface area contributed by atoms with Crippen LogP contribution in [0.4, 0.5) is 11.4 Å². The minimum absolute atomic E-state index is 0.296. The molecule has 3 aromatic heterocycles. The number of amides is 3. The first kappa shape index (κ1) is 34.4. The highest BCUT2D eigenvalue weighted by Gasteiger charge is 2.21. The molecular formula is C40H42N6O3. The number of allylic oxidation sites excluding steroid dienone is 4. The van der Waals surface area contributed by atoms with Crippen molar-refractivity contribution in [1.29, 1.82) is 0 Å². The van der Waals surface area contributed by atoms with Crippen LogP contribution in [0.2, 0.25) is 0 Å². The summed E-state index contributed by atoms with van der Waals surface area (Å²) in [5.41, 5.74) is 13.9. The van der Waals surface area contributed by atoms with Crippen molar-refractivity contribution in [3.05, 3.63) is 136 Å². The lowest BCUT2D eigenvalue weighted by atomic mass is 10.0. The van der Waals surface area contributed by atoms with Crippen LogP contribution in [0.1, 0.15) is 81.6 Å². The van der Waals surface area contributed by atoms with E-state index in [9.17, 15) is 14.4 Å². The van der Waals surface area contributed by atoms with Crippen LogP contribution in [0.3, 0.4) is 0 Å². The van der Waals surface area contributed by atoms with Gasteiger partial charge in [-0.15, -0.1) is 0 Å². The number of aryl methyl sites for hydroxylation is 2. The summed E-state index contributed by atoms with van der Waals surface area (Å²) in [6.07, 6.45) is 15.7. The topological polar surface area (TPSA) is 124 Å². The van der Waals surface area contributed by atoms with E-state index in [1.807, 2.05) is 54.7 Å². The number of carbonyl (C=O) groups is 3. The van der Waals surface area contributed by atoms with Crippen LogP contribution in [0.25, 0.3) is 23.1 Å². The maximum Gasteiger partial charge on any atom is 0.272 e. The van der Waals surface area contributed by atoms with Crippen LogP contribution in [0, 0.1) is 0 Å². The standard InChI is InChI=1S/C40H42N6O3/c1-26(2)9-8-10-27(3)13-20-33-35(25-46(5)37(33)38(41)47)44-40(49)36-22-32(24-45(36)4)43-39(48)30-18-16-28(17-19-30)14-15-29-21-31-11-6-7-12-34(31)42-23-29/h6-7,9,11-19,21-25H,8,10,20H2,1-5H3,(H2,41,47)(H,43,48)(H,44,49)/b15-14+,27-13+. The summed E-state index contributed by atoms with van der Waals surface area (Å²) >= 11 is 0. The Morgan fingerprint density at radius 1 is 0.837 bits per heavy atom. The SMILES string of the molecule is CC(C)=CCC/C(C)=C/Cc1c(NC(=O)c2cc(NC(=O)c3ccc(/C=C/c4cnc5ccccc5c4)cc3)cn2C)cn(C)c1C(N)=O. The third kappa shape index (κ3) is 8.70. The first-order valence-corrected chi connectivity index (χ1v) is 16.2. The third-order valence-corrected chi connectivity index (χ3v) is 8.26. The number of nitrogens with two attached hydrogens (primary N) is 1. The molecule has 2 aromatic carbocycles. The quantitative estimate of drug-likeness (QED) is 0.118. The van der Waals surface area contributed by atoms with Crippen LogP contribution in [0.15, 0.2) is 103 Å². The molecule has 250 valence electrons. The molecule has 0 fully saturated rings. The number of aromatic nitrogens is 3. The van der Waals surface area contributed by atoms with Gasteiger partial charge < -0.3 is 25.5 Å². The lowest BCUT2D eigenvalue weighted by Crippen LogP contribution is -2.18. The van der Waals surface area contributed by atoms with Crippen molar-refractivity contribution in [2.75, 3.05) is 10.6 Å². The van der Waals surface area contributed by atoms with Crippen molar-refractivity contribution in [3.63, 3.8) is 0 Å². The number of primary amides is 1. The summed E-state index contributed by atoms with van der Waals surface area (Å²) in [4.78, 5) is 43.4. The van der Waals surface area contributed by atoms with Crippen LogP contribution < -0.4 is 16.4 Å². The Hall–Kier alpha value is -5.96. The van der Waals surface area contributed by atoms with Crippen molar-refractivity contribution < 1.29 is 14.4 Å². The Kier molecular flexibility index (Phi) is 10.7. The van der Waals surface area contributed by atoms with Gasteiger partial charge in [0.2, 0.25) is 0 Å². The molecule has 3 amide bonds. The lowest BCUT2D eigenvalue weighted by Gasteiger charge is -2.08. The monoisotopic (exact) mass is 654 g/mol. The minimum Gasteiger partial charge on any atom is -0.364 e. The summed E-state index contributed by atoms with van der Waals surface area (Å²) in [6, 6.07) is 18.9. The summed E-state index contributed by atoms with van der Waals surface area (Å²) in [5.74, 6) is -1.24. The number of pyridine rings is 1. The van der Waals surface area contributed by atoms with E-state index in [0.29, 0.717) is 40.3 Å². The molecule has 0 aliphatic carbocycles. The van der Waals surface area contributed by atoms with E-state index in [0.717, 1.165) is 34.9 Å². The van der Waals surface area contributed by atoms with Gasteiger partial charge in [0.15, 0.2) is 0 Å². The number of nitrogens with zero attached hydrogens (tertiary/aromatic N) is 3. The molecule has 0 bridgehead atoms. The molecule has 0 unspecified atom stereocenters. The first-order chi connectivity index (χ1) is 23.5. The molecule has 0 aliphatic rings. The number of fused-ring (bicyclic) bond motifs is 1. The highest BCUT2D eigenvalue weighted by Crippen LogP contribution is 2.26. The van der Waals surface area contributed by atoms with Gasteiger partial charge in [-0.3, -0.25) is 19.4 Å². The largest absolute Gasteiger partial charge is 0.364 e. The second kappa shape index (κ2) is 15.3. The molecule has 9 heteroatoms. The number of para-hydroxylation sites is 1. The predicted octanol–water partition coefficient (Wildman–Crippen LogP) is 7.92. The number of nitrogens with one attached hydrogen (secondary N) is 2. The van der Waals surface area contributed by atoms with E-state index >= 15 is 0 Å². The Morgan fingerprint density at radius 2 is 1.57 bits per heavy atom. The van der Waals surface area contributed by atoms with Crippen molar-refractivity contribution in [1.82, 2.24) is 14.1 Å². The fraction of sp³-hybridized carbons (Fsp3) is 0.200. The zero-order valence-electron chi connectivity index (χ0n) is 28.6. The van der Waals surface area contributed by atoms with Gasteiger partial charge in [-0.1, -0.05) is 65.8 Å². The van der Waals surface area contributed by atoms with Gasteiger partial charge in [-0.2, -0.15) is 0 Å². The first-order valence-electron chi connectivity index (χ1n) is 16.2. The van der Waals surface area contributed by atoms with Gasteiger partial charge in [0.1, 0.15) is 11.4 Å². The maximum atomic E-state index is 13.5. The van der Waals surface area contributed by atoms with E-state index in [4.69, 9.17) is 5.73 Å². The fourth-order valence-corrected chi connectivity index (χ4v) is 5.65. The number of anilines is 2. The summed E-state index contributed by atoms with van der Waals surface area (Å²) in [5, 5.41) is 6.91. The normalized spacial score (nSPS) is 11.6. The Balaban J connectivity index is 1.24. The van der Waals surface area contributed by atoms with E-state index in [2.05, 4.69) is 54.6 Å². The average Bonchev–Trinajstić information content (AvgIpc) is 3.60. The molecule has 0 atom stereocenters. The zero-order chi connectivity index (χ0) is 35.1. The van der Waals surface area contributed by atoms with E-state index < -0.39 is 5.91 Å². The van der Waals surface area contributed by atoms with Gasteiger partial charge in [0.25, 0.3) is 17.7 Å². The molecule has 0 radical (unpaired) electrons. The summed E-state index contributed by atoms with van der Waals surface area (Å²) < 4.78 is 3.28. The average molecular weight is 655 g/mol. The molecule has 0 saturated heterocycles. The van der Waals surface area contributed by atoms with Gasteiger partial charge >= 0.3 is 0 Å². The van der Waals surface area contributed by atoms with E-state index in [-0.39, 0.29) is 11.8 Å². The second-order valence-corrected chi connectivity index (χ2v) is 12.5. The molecule has 5 rings (SSSR count). The number of hydrogen-bond acceptors (Lipinski definition) is 4. The van der Waals surface area contributed by atoms with E-state index in [1.165, 1.54) is 11.1 Å². The molecule has 4 N–H and O–H groups in total. The predicted molar refractivity (Wildman–Crippen MR) is 198 cm³/mol. The third-order valence-electron chi connectivity index (χ3n) is 8.26. The molecule has 0 spiro atoms. The van der Waals surface area contributed by atoms with Gasteiger partial charge in [0.05, 0.1) is 16.9 Å². The van der Waals surface area contributed by atoms with E-state index in [1.54, 1.807) is 53.8 Å². The van der Waals surface area contributed by atoms with Crippen molar-refractivity contribution in [2.24, 2.45) is 19.8 Å². The van der Waals surface area contributed by atoms with Gasteiger partial charge in [0, 0.05) is 49.2 Å². The van der Waals surface area contributed by atoms with Crippen molar-refractivity contribution in [3.8, 4) is 0 Å². The molecule has 9 nitrogen and oxygen atoms in total. The van der Waals surface area contributed by atoms with Crippen LogP contribution in [0.5, 0.6) is 0 Å². The maximum absolute atomic E-state index is 13.5. The Bertz CT molecular complexity index is 2110. The number of rotatable bonds is 12. The summed E-state index contributed by atoms with van der Waals surface area (Å²) in [7, 11) is 3.46. The second-order valence-electron chi connectivity index (χ2n) is 12.5. The van der Waals surface area contributed by atoms with Crippen LogP contribution >= 0.6 is 0 Å².